The van der Waals surface area contributed by atoms with Gasteiger partial charge in [0.1, 0.15) is 0 Å². The molecule has 1 N–H and O–H groups in total. The molecule has 0 saturated heterocycles. The molecule has 0 amide bonds. The van der Waals surface area contributed by atoms with Crippen LogP contribution in [0.4, 0.5) is 0 Å². The summed E-state index contributed by atoms with van der Waals surface area (Å²) in [5.41, 5.74) is 2.12. The van der Waals surface area contributed by atoms with E-state index in [4.69, 9.17) is 34.8 Å². The first kappa shape index (κ1) is 16.1. The minimum absolute atomic E-state index is 0.122. The van der Waals surface area contributed by atoms with Crippen molar-refractivity contribution in [1.29, 1.82) is 0 Å². The molecule has 0 radical (unpaired) electrons. The first-order chi connectivity index (χ1) is 9.52. The summed E-state index contributed by atoms with van der Waals surface area (Å²) in [4.78, 5) is 0. The summed E-state index contributed by atoms with van der Waals surface area (Å²) < 4.78 is 0.888. The third-order valence-corrected chi connectivity index (χ3v) is 5.24. The maximum absolute atomic E-state index is 6.24. The molecule has 2 aromatic carbocycles. The van der Waals surface area contributed by atoms with Crippen LogP contribution in [0.2, 0.25) is 15.1 Å². The summed E-state index contributed by atoms with van der Waals surface area (Å²) in [5, 5.41) is 5.16. The molecule has 0 heterocycles. The highest BCUT2D eigenvalue weighted by Crippen LogP contribution is 2.31. The highest BCUT2D eigenvalue weighted by atomic mass is 79.9. The van der Waals surface area contributed by atoms with Crippen LogP contribution in [-0.2, 0) is 6.42 Å². The lowest BCUT2D eigenvalue weighted by Crippen LogP contribution is -2.19. The molecule has 5 heteroatoms. The summed E-state index contributed by atoms with van der Waals surface area (Å²) in [6, 6.07) is 11.7. The summed E-state index contributed by atoms with van der Waals surface area (Å²) in [6.45, 7) is 0. The van der Waals surface area contributed by atoms with Crippen LogP contribution in [0.1, 0.15) is 17.2 Å². The maximum atomic E-state index is 6.24. The molecule has 1 nitrogen and oxygen atoms in total. The number of nitrogens with one attached hydrogen (secondary N) is 1. The Morgan fingerprint density at radius 2 is 1.85 bits per heavy atom. The van der Waals surface area contributed by atoms with E-state index >= 15 is 0 Å². The van der Waals surface area contributed by atoms with Gasteiger partial charge in [0, 0.05) is 10.5 Å². The van der Waals surface area contributed by atoms with Crippen molar-refractivity contribution < 1.29 is 0 Å². The zero-order chi connectivity index (χ0) is 14.7. The fourth-order valence-corrected chi connectivity index (χ4v) is 2.87. The van der Waals surface area contributed by atoms with Gasteiger partial charge in [-0.15, -0.1) is 0 Å². The molecule has 0 aromatic heterocycles. The Hall–Kier alpha value is -0.250. The van der Waals surface area contributed by atoms with Crippen molar-refractivity contribution in [2.75, 3.05) is 7.05 Å². The summed E-state index contributed by atoms with van der Waals surface area (Å²) in [7, 11) is 1.92. The fraction of sp³-hybridized carbons (Fsp3) is 0.200. The molecule has 0 aliphatic carbocycles. The zero-order valence-electron chi connectivity index (χ0n) is 10.8. The molecule has 2 rings (SSSR count). The van der Waals surface area contributed by atoms with E-state index in [1.165, 1.54) is 0 Å². The van der Waals surface area contributed by atoms with Crippen molar-refractivity contribution in [2.45, 2.75) is 12.5 Å². The highest BCUT2D eigenvalue weighted by Gasteiger charge is 2.14. The molecule has 0 bridgehead atoms. The quantitative estimate of drug-likeness (QED) is 0.681. The number of hydrogen-bond acceptors (Lipinski definition) is 1. The van der Waals surface area contributed by atoms with E-state index in [0.717, 1.165) is 22.0 Å². The van der Waals surface area contributed by atoms with Gasteiger partial charge in [-0.25, -0.2) is 0 Å². The Labute approximate surface area is 142 Å². The maximum Gasteiger partial charge on any atom is 0.0624 e. The van der Waals surface area contributed by atoms with Gasteiger partial charge in [0.15, 0.2) is 0 Å². The lowest BCUT2D eigenvalue weighted by atomic mass is 9.99. The lowest BCUT2D eigenvalue weighted by Gasteiger charge is -2.18. The largest absolute Gasteiger partial charge is 0.313 e. The van der Waals surface area contributed by atoms with E-state index in [-0.39, 0.29) is 6.04 Å². The molecule has 106 valence electrons. The predicted molar refractivity (Wildman–Crippen MR) is 91.1 cm³/mol. The lowest BCUT2D eigenvalue weighted by molar-refractivity contribution is 0.592. The van der Waals surface area contributed by atoms with Crippen molar-refractivity contribution >= 4 is 50.7 Å². The van der Waals surface area contributed by atoms with Crippen LogP contribution < -0.4 is 5.32 Å². The van der Waals surface area contributed by atoms with Gasteiger partial charge in [-0.1, -0.05) is 53.0 Å². The molecule has 20 heavy (non-hydrogen) atoms. The summed E-state index contributed by atoms with van der Waals surface area (Å²) in [5.74, 6) is 0. The fourth-order valence-electron chi connectivity index (χ4n) is 2.04. The first-order valence-corrected chi connectivity index (χ1v) is 8.00. The van der Waals surface area contributed by atoms with Crippen LogP contribution in [0.25, 0.3) is 0 Å². The number of likely N-dealkylation sites (N-methyl/N-ethyl adjacent to an activating group) is 1. The van der Waals surface area contributed by atoms with Crippen LogP contribution in [0.3, 0.4) is 0 Å². The minimum Gasteiger partial charge on any atom is -0.313 e. The smallest absolute Gasteiger partial charge is 0.0624 e. The molecule has 0 aliphatic rings. The Morgan fingerprint density at radius 3 is 2.50 bits per heavy atom. The molecule has 2 aromatic rings. The number of hydrogen-bond donors (Lipinski definition) is 1. The molecular weight excluding hydrogens is 380 g/mol. The van der Waals surface area contributed by atoms with Crippen molar-refractivity contribution in [1.82, 2.24) is 5.32 Å². The van der Waals surface area contributed by atoms with E-state index in [2.05, 4.69) is 21.2 Å². The van der Waals surface area contributed by atoms with Gasteiger partial charge in [-0.05, 0) is 58.7 Å². The van der Waals surface area contributed by atoms with Crippen molar-refractivity contribution in [3.05, 3.63) is 67.1 Å². The molecule has 0 aliphatic heterocycles. The SMILES string of the molecule is CNC(Cc1cccc(Cl)c1Cl)c1ccc(Br)c(Cl)c1. The summed E-state index contributed by atoms with van der Waals surface area (Å²) in [6.07, 6.45) is 0.744. The van der Waals surface area contributed by atoms with Crippen LogP contribution >= 0.6 is 50.7 Å². The molecule has 1 unspecified atom stereocenters. The van der Waals surface area contributed by atoms with Gasteiger partial charge < -0.3 is 5.32 Å². The van der Waals surface area contributed by atoms with Crippen molar-refractivity contribution in [2.24, 2.45) is 0 Å². The van der Waals surface area contributed by atoms with Crippen LogP contribution in [0.5, 0.6) is 0 Å². The van der Waals surface area contributed by atoms with Gasteiger partial charge in [-0.3, -0.25) is 0 Å². The van der Waals surface area contributed by atoms with Gasteiger partial charge >= 0.3 is 0 Å². The highest BCUT2D eigenvalue weighted by molar-refractivity contribution is 9.10. The zero-order valence-corrected chi connectivity index (χ0v) is 14.6. The molecule has 0 spiro atoms. The Bertz CT molecular complexity index is 616. The average Bonchev–Trinajstić information content (AvgIpc) is 2.44. The summed E-state index contributed by atoms with van der Waals surface area (Å²) >= 11 is 21.8. The molecule has 1 atom stereocenters. The van der Waals surface area contributed by atoms with Gasteiger partial charge in [0.05, 0.1) is 15.1 Å². The standard InChI is InChI=1S/C15H13BrCl3N/c1-20-14(9-5-6-11(16)13(18)7-9)8-10-3-2-4-12(17)15(10)19/h2-7,14,20H,8H2,1H3. The number of rotatable bonds is 4. The second-order valence-electron chi connectivity index (χ2n) is 4.43. The third kappa shape index (κ3) is 3.69. The Balaban J connectivity index is 2.28. The Kier molecular flexibility index (Phi) is 5.76. The molecule has 0 fully saturated rings. The van der Waals surface area contributed by atoms with Gasteiger partial charge in [0.2, 0.25) is 0 Å². The van der Waals surface area contributed by atoms with Gasteiger partial charge in [-0.2, -0.15) is 0 Å². The van der Waals surface area contributed by atoms with E-state index in [1.54, 1.807) is 6.07 Å². The van der Waals surface area contributed by atoms with E-state index in [1.807, 2.05) is 37.4 Å². The van der Waals surface area contributed by atoms with E-state index in [9.17, 15) is 0 Å². The predicted octanol–water partition coefficient (Wildman–Crippen LogP) is 5.91. The van der Waals surface area contributed by atoms with E-state index < -0.39 is 0 Å². The Morgan fingerprint density at radius 1 is 1.10 bits per heavy atom. The average molecular weight is 394 g/mol. The second-order valence-corrected chi connectivity index (χ2v) is 6.48. The molecule has 0 saturated carbocycles. The third-order valence-electron chi connectivity index (χ3n) is 3.15. The minimum atomic E-state index is 0.122. The second kappa shape index (κ2) is 7.15. The van der Waals surface area contributed by atoms with Crippen LogP contribution in [-0.4, -0.2) is 7.05 Å². The first-order valence-electron chi connectivity index (χ1n) is 6.08. The van der Waals surface area contributed by atoms with E-state index in [0.29, 0.717) is 15.1 Å². The van der Waals surface area contributed by atoms with Crippen molar-refractivity contribution in [3.63, 3.8) is 0 Å². The van der Waals surface area contributed by atoms with Crippen LogP contribution in [0.15, 0.2) is 40.9 Å². The normalized spacial score (nSPS) is 12.4. The topological polar surface area (TPSA) is 12.0 Å². The van der Waals surface area contributed by atoms with Gasteiger partial charge in [0.25, 0.3) is 0 Å². The number of benzene rings is 2. The van der Waals surface area contributed by atoms with Crippen molar-refractivity contribution in [3.8, 4) is 0 Å². The van der Waals surface area contributed by atoms with Crippen LogP contribution in [0, 0.1) is 0 Å². The molecular formula is C15H13BrCl3N. The monoisotopic (exact) mass is 391 g/mol. The number of halogens is 4.